The number of carboxylic acid groups (broad SMARTS) is 1. The molecule has 0 unspecified atom stereocenters. The highest BCUT2D eigenvalue weighted by atomic mass is 79.9. The highest BCUT2D eigenvalue weighted by Crippen LogP contribution is 2.30. The number of aliphatic carboxylic acids is 1. The lowest BCUT2D eigenvalue weighted by atomic mass is 9.95. The number of hydrogen-bond acceptors (Lipinski definition) is 4. The normalized spacial score (nSPS) is 12.7. The van der Waals surface area contributed by atoms with Crippen LogP contribution in [0, 0.1) is 12.3 Å². The Balaban J connectivity index is 2.87. The maximum atomic E-state index is 12.0. The molecule has 0 aliphatic carbocycles. The lowest BCUT2D eigenvalue weighted by Gasteiger charge is -2.18. The smallest absolute Gasteiger partial charge is 0.310 e. The van der Waals surface area contributed by atoms with Crippen molar-refractivity contribution in [3.63, 3.8) is 0 Å². The minimum Gasteiger partial charge on any atom is -0.481 e. The molecule has 0 saturated heterocycles. The van der Waals surface area contributed by atoms with Gasteiger partial charge in [0.05, 0.1) is 9.20 Å². The molecular weight excluding hydrogens is 342 g/mol. The van der Waals surface area contributed by atoms with Gasteiger partial charge in [0.2, 0.25) is 10.0 Å². The zero-order chi connectivity index (χ0) is 14.1. The van der Waals surface area contributed by atoms with Gasteiger partial charge in [-0.05, 0) is 48.3 Å². The van der Waals surface area contributed by atoms with E-state index in [1.807, 2.05) is 0 Å². The Hall–Kier alpha value is -0.440. The molecule has 1 aromatic rings. The van der Waals surface area contributed by atoms with E-state index in [4.69, 9.17) is 5.11 Å². The minimum atomic E-state index is -3.65. The van der Waals surface area contributed by atoms with E-state index in [1.54, 1.807) is 13.0 Å². The summed E-state index contributed by atoms with van der Waals surface area (Å²) in [5, 5.41) is 8.92. The fourth-order valence-corrected chi connectivity index (χ4v) is 4.47. The molecule has 0 radical (unpaired) electrons. The van der Waals surface area contributed by atoms with Crippen molar-refractivity contribution in [1.82, 2.24) is 4.72 Å². The van der Waals surface area contributed by atoms with Crippen LogP contribution in [0.1, 0.15) is 19.4 Å². The van der Waals surface area contributed by atoms with Crippen molar-refractivity contribution in [2.75, 3.05) is 6.54 Å². The zero-order valence-corrected chi connectivity index (χ0v) is 13.4. The summed E-state index contributed by atoms with van der Waals surface area (Å²) in [6.45, 7) is 4.57. The molecule has 0 saturated carbocycles. The first-order valence-corrected chi connectivity index (χ1v) is 8.14. The first kappa shape index (κ1) is 15.6. The molecule has 1 heterocycles. The van der Waals surface area contributed by atoms with Gasteiger partial charge in [0.25, 0.3) is 0 Å². The third-order valence-corrected chi connectivity index (χ3v) is 6.39. The van der Waals surface area contributed by atoms with Crippen molar-refractivity contribution < 1.29 is 18.3 Å². The summed E-state index contributed by atoms with van der Waals surface area (Å²) in [6, 6.07) is 1.55. The third kappa shape index (κ3) is 3.53. The molecule has 0 bridgehead atoms. The van der Waals surface area contributed by atoms with Gasteiger partial charge in [0.1, 0.15) is 4.21 Å². The Labute approximate surface area is 118 Å². The zero-order valence-electron chi connectivity index (χ0n) is 10.2. The van der Waals surface area contributed by atoms with Crippen LogP contribution in [0.3, 0.4) is 0 Å². The Kier molecular flexibility index (Phi) is 4.58. The largest absolute Gasteiger partial charge is 0.481 e. The van der Waals surface area contributed by atoms with Crippen molar-refractivity contribution in [3.05, 3.63) is 15.4 Å². The monoisotopic (exact) mass is 355 g/mol. The highest BCUT2D eigenvalue weighted by Gasteiger charge is 2.30. The summed E-state index contributed by atoms with van der Waals surface area (Å²) in [6.07, 6.45) is 0. The molecule has 0 amide bonds. The molecule has 1 rings (SSSR count). The second kappa shape index (κ2) is 5.28. The number of sulfonamides is 1. The second-order valence-corrected chi connectivity index (χ2v) is 8.90. The van der Waals surface area contributed by atoms with E-state index in [2.05, 4.69) is 20.7 Å². The summed E-state index contributed by atoms with van der Waals surface area (Å²) in [4.78, 5) is 10.9. The molecule has 2 N–H and O–H groups in total. The van der Waals surface area contributed by atoms with Crippen LogP contribution in [0.4, 0.5) is 0 Å². The average molecular weight is 356 g/mol. The standard InChI is InChI=1S/C10H14BrNO4S2/c1-6-4-7(17-8(6)11)18(15,16)12-5-10(2,3)9(13)14/h4,12H,5H2,1-3H3,(H,13,14). The van der Waals surface area contributed by atoms with E-state index in [9.17, 15) is 13.2 Å². The number of halogens is 1. The fraction of sp³-hybridized carbons (Fsp3) is 0.500. The Morgan fingerprint density at radius 3 is 2.50 bits per heavy atom. The molecule has 0 atom stereocenters. The van der Waals surface area contributed by atoms with Gasteiger partial charge in [-0.1, -0.05) is 0 Å². The summed E-state index contributed by atoms with van der Waals surface area (Å²) >= 11 is 4.35. The number of hydrogen-bond donors (Lipinski definition) is 2. The van der Waals surface area contributed by atoms with E-state index >= 15 is 0 Å². The molecule has 18 heavy (non-hydrogen) atoms. The molecule has 8 heteroatoms. The third-order valence-electron chi connectivity index (χ3n) is 2.38. The van der Waals surface area contributed by atoms with Crippen LogP contribution < -0.4 is 4.72 Å². The van der Waals surface area contributed by atoms with Gasteiger partial charge < -0.3 is 5.11 Å². The Morgan fingerprint density at radius 1 is 1.56 bits per heavy atom. The van der Waals surface area contributed by atoms with Crippen LogP contribution >= 0.6 is 27.3 Å². The van der Waals surface area contributed by atoms with Crippen LogP contribution in [-0.4, -0.2) is 26.0 Å². The fourth-order valence-electron chi connectivity index (χ4n) is 0.986. The van der Waals surface area contributed by atoms with Crippen LogP contribution in [-0.2, 0) is 14.8 Å². The summed E-state index contributed by atoms with van der Waals surface area (Å²) in [5.41, 5.74) is -0.311. The summed E-state index contributed by atoms with van der Waals surface area (Å²) < 4.78 is 27.1. The average Bonchev–Trinajstić information content (AvgIpc) is 2.57. The van der Waals surface area contributed by atoms with Crippen LogP contribution in [0.25, 0.3) is 0 Å². The number of thiophene rings is 1. The van der Waals surface area contributed by atoms with Gasteiger partial charge >= 0.3 is 5.97 Å². The topological polar surface area (TPSA) is 83.5 Å². The predicted octanol–water partition coefficient (Wildman–Crippen LogP) is 2.21. The SMILES string of the molecule is Cc1cc(S(=O)(=O)NCC(C)(C)C(=O)O)sc1Br. The van der Waals surface area contributed by atoms with E-state index in [0.717, 1.165) is 20.7 Å². The number of carbonyl (C=O) groups is 1. The van der Waals surface area contributed by atoms with Gasteiger partial charge in [-0.25, -0.2) is 13.1 Å². The molecule has 0 spiro atoms. The lowest BCUT2D eigenvalue weighted by molar-refractivity contribution is -0.146. The van der Waals surface area contributed by atoms with E-state index in [1.165, 1.54) is 13.8 Å². The number of aryl methyl sites for hydroxylation is 1. The number of carboxylic acids is 1. The predicted molar refractivity (Wildman–Crippen MR) is 73.4 cm³/mol. The highest BCUT2D eigenvalue weighted by molar-refractivity contribution is 9.11. The first-order valence-electron chi connectivity index (χ1n) is 5.05. The van der Waals surface area contributed by atoms with Gasteiger partial charge in [0, 0.05) is 6.54 Å². The maximum absolute atomic E-state index is 12.0. The summed E-state index contributed by atoms with van der Waals surface area (Å²) in [7, 11) is -3.65. The lowest BCUT2D eigenvalue weighted by Crippen LogP contribution is -2.38. The number of rotatable bonds is 5. The van der Waals surface area contributed by atoms with Crippen LogP contribution in [0.5, 0.6) is 0 Å². The number of nitrogens with one attached hydrogen (secondary N) is 1. The Morgan fingerprint density at radius 2 is 2.11 bits per heavy atom. The Bertz CT molecular complexity index is 543. The summed E-state index contributed by atoms with van der Waals surface area (Å²) in [5.74, 6) is -1.05. The molecule has 1 aromatic heterocycles. The van der Waals surface area contributed by atoms with Crippen molar-refractivity contribution in [2.45, 2.75) is 25.0 Å². The molecule has 0 aromatic carbocycles. The van der Waals surface area contributed by atoms with Crippen molar-refractivity contribution in [2.24, 2.45) is 5.41 Å². The van der Waals surface area contributed by atoms with Crippen molar-refractivity contribution >= 4 is 43.3 Å². The molecule has 5 nitrogen and oxygen atoms in total. The van der Waals surface area contributed by atoms with E-state index in [-0.39, 0.29) is 10.8 Å². The quantitative estimate of drug-likeness (QED) is 0.847. The van der Waals surface area contributed by atoms with Gasteiger partial charge in [-0.15, -0.1) is 11.3 Å². The molecule has 0 aliphatic rings. The van der Waals surface area contributed by atoms with E-state index in [0.29, 0.717) is 0 Å². The minimum absolute atomic E-state index is 0.154. The molecular formula is C10H14BrNO4S2. The van der Waals surface area contributed by atoms with Crippen LogP contribution in [0.2, 0.25) is 0 Å². The second-order valence-electron chi connectivity index (χ2n) is 4.54. The molecule has 0 aliphatic heterocycles. The van der Waals surface area contributed by atoms with Gasteiger partial charge in [-0.3, -0.25) is 4.79 Å². The maximum Gasteiger partial charge on any atom is 0.310 e. The van der Waals surface area contributed by atoms with E-state index < -0.39 is 21.4 Å². The molecule has 102 valence electrons. The molecule has 0 fully saturated rings. The van der Waals surface area contributed by atoms with Gasteiger partial charge in [-0.2, -0.15) is 0 Å². The van der Waals surface area contributed by atoms with Crippen LogP contribution in [0.15, 0.2) is 14.1 Å². The van der Waals surface area contributed by atoms with Crippen molar-refractivity contribution in [1.29, 1.82) is 0 Å². The first-order chi connectivity index (χ1) is 8.06. The van der Waals surface area contributed by atoms with Crippen molar-refractivity contribution in [3.8, 4) is 0 Å². The van der Waals surface area contributed by atoms with Gasteiger partial charge in [0.15, 0.2) is 0 Å².